The monoisotopic (exact) mass is 475 g/mol. The topological polar surface area (TPSA) is 65.4 Å². The maximum Gasteiger partial charge on any atom is 0.226 e. The number of hydrogen-bond donors (Lipinski definition) is 1. The summed E-state index contributed by atoms with van der Waals surface area (Å²) in [4.78, 5) is 12.8. The Morgan fingerprint density at radius 3 is 2.66 bits per heavy atom. The summed E-state index contributed by atoms with van der Waals surface area (Å²) in [6.45, 7) is 1.84. The molecule has 0 unspecified atom stereocenters. The lowest BCUT2D eigenvalue weighted by atomic mass is 9.85. The van der Waals surface area contributed by atoms with E-state index in [2.05, 4.69) is 10.4 Å². The van der Waals surface area contributed by atoms with Crippen LogP contribution < -0.4 is 14.8 Å². The predicted molar refractivity (Wildman–Crippen MR) is 127 cm³/mol. The number of fused-ring (bicyclic) bond motifs is 1. The van der Waals surface area contributed by atoms with Crippen LogP contribution in [-0.2, 0) is 11.4 Å². The van der Waals surface area contributed by atoms with Crippen molar-refractivity contribution in [2.45, 2.75) is 25.9 Å². The molecule has 5 rings (SSSR count). The lowest BCUT2D eigenvalue weighted by Crippen LogP contribution is -2.25. The number of nitrogens with zero attached hydrogens (tertiary/aromatic N) is 2. The highest BCUT2D eigenvalue weighted by atomic mass is 19.1. The highest BCUT2D eigenvalue weighted by Crippen LogP contribution is 2.46. The number of methoxy groups -OCH3 is 1. The van der Waals surface area contributed by atoms with E-state index in [1.807, 2.05) is 19.1 Å². The molecule has 4 aromatic rings. The van der Waals surface area contributed by atoms with Crippen molar-refractivity contribution in [3.8, 4) is 17.2 Å². The number of anilines is 1. The standard InChI is InChI=1S/C27H23F2N3O3/c1-16-25-21(14-24(33)30-27(25)32(31-16)19-9-5-8-18(28)13-19)20-10-6-12-23(34-2)26(20)35-15-17-7-3-4-11-22(17)29/h3-13,21H,14-15H2,1-2H3,(H,30,33)/t21-/m0/s1. The summed E-state index contributed by atoms with van der Waals surface area (Å²) in [5, 5.41) is 7.50. The second-order valence-corrected chi connectivity index (χ2v) is 8.30. The quantitative estimate of drug-likeness (QED) is 0.399. The van der Waals surface area contributed by atoms with Crippen molar-refractivity contribution in [2.75, 3.05) is 12.4 Å². The van der Waals surface area contributed by atoms with Crippen LogP contribution in [0, 0.1) is 18.6 Å². The van der Waals surface area contributed by atoms with Crippen molar-refractivity contribution >= 4 is 11.7 Å². The normalized spacial score (nSPS) is 14.9. The van der Waals surface area contributed by atoms with Gasteiger partial charge < -0.3 is 14.8 Å². The number of ether oxygens (including phenoxy) is 2. The molecule has 0 radical (unpaired) electrons. The van der Waals surface area contributed by atoms with E-state index >= 15 is 0 Å². The molecule has 1 aromatic heterocycles. The molecule has 0 fully saturated rings. The Balaban J connectivity index is 1.60. The van der Waals surface area contributed by atoms with Gasteiger partial charge in [0.05, 0.1) is 18.5 Å². The van der Waals surface area contributed by atoms with Crippen LogP contribution in [-0.4, -0.2) is 22.8 Å². The molecular weight excluding hydrogens is 452 g/mol. The van der Waals surface area contributed by atoms with Crippen molar-refractivity contribution in [1.82, 2.24) is 9.78 Å². The number of aromatic nitrogens is 2. The van der Waals surface area contributed by atoms with Gasteiger partial charge in [0.25, 0.3) is 0 Å². The zero-order valence-corrected chi connectivity index (χ0v) is 19.2. The van der Waals surface area contributed by atoms with E-state index in [0.29, 0.717) is 34.3 Å². The lowest BCUT2D eigenvalue weighted by molar-refractivity contribution is -0.116. The van der Waals surface area contributed by atoms with Crippen LogP contribution in [0.4, 0.5) is 14.6 Å². The first kappa shape index (κ1) is 22.6. The second kappa shape index (κ2) is 9.21. The van der Waals surface area contributed by atoms with Crippen molar-refractivity contribution in [2.24, 2.45) is 0 Å². The summed E-state index contributed by atoms with van der Waals surface area (Å²) in [6.07, 6.45) is 0.159. The summed E-state index contributed by atoms with van der Waals surface area (Å²) < 4.78 is 41.3. The fourth-order valence-electron chi connectivity index (χ4n) is 4.50. The lowest BCUT2D eigenvalue weighted by Gasteiger charge is -2.26. The number of amides is 1. The Morgan fingerprint density at radius 2 is 1.89 bits per heavy atom. The average molecular weight is 475 g/mol. The van der Waals surface area contributed by atoms with E-state index < -0.39 is 11.7 Å². The van der Waals surface area contributed by atoms with Crippen LogP contribution >= 0.6 is 0 Å². The van der Waals surface area contributed by atoms with Gasteiger partial charge in [-0.2, -0.15) is 5.10 Å². The van der Waals surface area contributed by atoms with E-state index in [1.54, 1.807) is 36.4 Å². The molecule has 0 saturated carbocycles. The third-order valence-corrected chi connectivity index (χ3v) is 6.09. The average Bonchev–Trinajstić information content (AvgIpc) is 3.19. The van der Waals surface area contributed by atoms with Crippen molar-refractivity contribution in [3.63, 3.8) is 0 Å². The van der Waals surface area contributed by atoms with Crippen LogP contribution in [0.25, 0.3) is 5.69 Å². The molecule has 0 spiro atoms. The van der Waals surface area contributed by atoms with Crippen LogP contribution in [0.2, 0.25) is 0 Å². The third kappa shape index (κ3) is 4.23. The second-order valence-electron chi connectivity index (χ2n) is 8.30. The summed E-state index contributed by atoms with van der Waals surface area (Å²) in [5.74, 6) is 0.0190. The maximum absolute atomic E-state index is 14.2. The van der Waals surface area contributed by atoms with E-state index in [0.717, 1.165) is 11.1 Å². The summed E-state index contributed by atoms with van der Waals surface area (Å²) >= 11 is 0. The molecule has 0 saturated heterocycles. The first-order valence-electron chi connectivity index (χ1n) is 11.1. The Kier molecular flexibility index (Phi) is 5.94. The first-order chi connectivity index (χ1) is 17.0. The fourth-order valence-corrected chi connectivity index (χ4v) is 4.50. The van der Waals surface area contributed by atoms with Crippen molar-refractivity contribution in [1.29, 1.82) is 0 Å². The molecule has 1 amide bonds. The first-order valence-corrected chi connectivity index (χ1v) is 11.1. The van der Waals surface area contributed by atoms with E-state index in [1.165, 1.54) is 30.0 Å². The van der Waals surface area contributed by atoms with Gasteiger partial charge in [-0.05, 0) is 37.3 Å². The number of benzene rings is 3. The Morgan fingerprint density at radius 1 is 1.09 bits per heavy atom. The SMILES string of the molecule is COc1cccc([C@@H]2CC(=O)Nc3c2c(C)nn3-c2cccc(F)c2)c1OCc1ccccc1F. The van der Waals surface area contributed by atoms with Crippen LogP contribution in [0.1, 0.15) is 34.7 Å². The van der Waals surface area contributed by atoms with Gasteiger partial charge in [0.15, 0.2) is 11.5 Å². The number of rotatable bonds is 6. The number of para-hydroxylation sites is 1. The van der Waals surface area contributed by atoms with Crippen molar-refractivity contribution < 1.29 is 23.0 Å². The van der Waals surface area contributed by atoms with E-state index in [-0.39, 0.29) is 24.8 Å². The summed E-state index contributed by atoms with van der Waals surface area (Å²) in [5.41, 5.74) is 3.12. The Labute approximate surface area is 201 Å². The zero-order chi connectivity index (χ0) is 24.5. The molecule has 6 nitrogen and oxygen atoms in total. The van der Waals surface area contributed by atoms with Gasteiger partial charge >= 0.3 is 0 Å². The molecule has 1 atom stereocenters. The molecule has 1 aliphatic rings. The molecule has 2 heterocycles. The van der Waals surface area contributed by atoms with E-state index in [4.69, 9.17) is 9.47 Å². The molecule has 1 N–H and O–H groups in total. The highest BCUT2D eigenvalue weighted by molar-refractivity contribution is 5.95. The minimum atomic E-state index is -0.403. The molecule has 35 heavy (non-hydrogen) atoms. The molecular formula is C27H23F2N3O3. The molecule has 0 bridgehead atoms. The number of aryl methyl sites for hydroxylation is 1. The minimum absolute atomic E-state index is 0.00659. The zero-order valence-electron chi connectivity index (χ0n) is 19.2. The Hall–Kier alpha value is -4.20. The smallest absolute Gasteiger partial charge is 0.226 e. The fraction of sp³-hybridized carbons (Fsp3) is 0.185. The van der Waals surface area contributed by atoms with Gasteiger partial charge in [0.2, 0.25) is 5.91 Å². The van der Waals surface area contributed by atoms with Crippen LogP contribution in [0.5, 0.6) is 11.5 Å². The van der Waals surface area contributed by atoms with Gasteiger partial charge in [-0.15, -0.1) is 0 Å². The molecule has 1 aliphatic heterocycles. The minimum Gasteiger partial charge on any atom is -0.493 e. The third-order valence-electron chi connectivity index (χ3n) is 6.09. The van der Waals surface area contributed by atoms with E-state index in [9.17, 15) is 13.6 Å². The van der Waals surface area contributed by atoms with Crippen LogP contribution in [0.15, 0.2) is 66.7 Å². The number of halogens is 2. The van der Waals surface area contributed by atoms with Gasteiger partial charge in [-0.25, -0.2) is 13.5 Å². The van der Waals surface area contributed by atoms with Gasteiger partial charge in [0.1, 0.15) is 24.1 Å². The largest absolute Gasteiger partial charge is 0.493 e. The predicted octanol–water partition coefficient (Wildman–Crippen LogP) is 5.52. The molecule has 8 heteroatoms. The maximum atomic E-state index is 14.2. The number of nitrogens with one attached hydrogen (secondary N) is 1. The summed E-state index contributed by atoms with van der Waals surface area (Å²) in [6, 6.07) is 17.9. The number of carbonyl (C=O) groups is 1. The van der Waals surface area contributed by atoms with Crippen LogP contribution in [0.3, 0.4) is 0 Å². The van der Waals surface area contributed by atoms with Gasteiger partial charge in [-0.3, -0.25) is 4.79 Å². The molecule has 3 aromatic carbocycles. The van der Waals surface area contributed by atoms with Gasteiger partial charge in [0, 0.05) is 29.0 Å². The number of carbonyl (C=O) groups excluding carboxylic acids is 1. The highest BCUT2D eigenvalue weighted by Gasteiger charge is 2.35. The molecule has 0 aliphatic carbocycles. The molecule has 178 valence electrons. The van der Waals surface area contributed by atoms with Crippen molar-refractivity contribution in [3.05, 3.63) is 101 Å². The number of hydrogen-bond acceptors (Lipinski definition) is 4. The van der Waals surface area contributed by atoms with Gasteiger partial charge in [-0.1, -0.05) is 36.4 Å². The Bertz CT molecular complexity index is 1420. The summed E-state index contributed by atoms with van der Waals surface area (Å²) in [7, 11) is 1.53.